The fourth-order valence-corrected chi connectivity index (χ4v) is 4.96. The summed E-state index contributed by atoms with van der Waals surface area (Å²) in [7, 11) is 0. The van der Waals surface area contributed by atoms with E-state index in [9.17, 15) is 4.79 Å². The largest absolute Gasteiger partial charge is 0.494 e. The van der Waals surface area contributed by atoms with Crippen LogP contribution >= 0.6 is 55.1 Å². The van der Waals surface area contributed by atoms with E-state index < -0.39 is 5.91 Å². The molecular weight excluding hydrogens is 623 g/mol. The molecule has 0 unspecified atom stereocenters. The lowest BCUT2D eigenvalue weighted by Gasteiger charge is -2.12. The summed E-state index contributed by atoms with van der Waals surface area (Å²) in [5, 5.41) is 5.77. The first-order valence-electron chi connectivity index (χ1n) is 10.4. The molecule has 6 nitrogen and oxygen atoms in total. The molecule has 0 saturated carbocycles. The molecule has 1 aromatic heterocycles. The zero-order chi connectivity index (χ0) is 24.9. The Kier molecular flexibility index (Phi) is 8.38. The van der Waals surface area contributed by atoms with Crippen molar-refractivity contribution >= 4 is 78.2 Å². The first-order chi connectivity index (χ1) is 16.8. The van der Waals surface area contributed by atoms with Crippen molar-refractivity contribution in [1.82, 2.24) is 5.43 Å². The van der Waals surface area contributed by atoms with Crippen LogP contribution in [0.25, 0.3) is 11.0 Å². The molecule has 0 bridgehead atoms. The molecule has 0 radical (unpaired) electrons. The molecule has 4 aromatic rings. The molecule has 0 aliphatic carbocycles. The van der Waals surface area contributed by atoms with E-state index in [-0.39, 0.29) is 5.76 Å². The molecule has 1 heterocycles. The van der Waals surface area contributed by atoms with Crippen molar-refractivity contribution < 1.29 is 18.7 Å². The fraction of sp³-hybridized carbons (Fsp3) is 0.120. The summed E-state index contributed by atoms with van der Waals surface area (Å²) in [6, 6.07) is 16.0. The Morgan fingerprint density at radius 1 is 1.03 bits per heavy atom. The molecule has 0 spiro atoms. The number of benzene rings is 3. The van der Waals surface area contributed by atoms with Crippen LogP contribution in [0.2, 0.25) is 10.0 Å². The van der Waals surface area contributed by atoms with Gasteiger partial charge < -0.3 is 13.9 Å². The summed E-state index contributed by atoms with van der Waals surface area (Å²) >= 11 is 19.1. The molecule has 1 N–H and O–H groups in total. The first-order valence-corrected chi connectivity index (χ1v) is 12.7. The van der Waals surface area contributed by atoms with Gasteiger partial charge in [0.25, 0.3) is 0 Å². The standard InChI is InChI=1S/C25H18Br2Cl2N2O4/c1-2-33-17-4-6-22-16(10-17)11-23(35-22)25(32)31-30-12-15-7-18(26)24(19(27)8-15)34-13-14-3-5-20(28)21(29)9-14/h3-12H,2,13H2,1H3,(H,31,32)/b30-12+. The number of carbonyl (C=O) groups excluding carboxylic acids is 1. The van der Waals surface area contributed by atoms with Crippen LogP contribution in [0.5, 0.6) is 11.5 Å². The Morgan fingerprint density at radius 3 is 2.51 bits per heavy atom. The SMILES string of the molecule is CCOc1ccc2oc(C(=O)N/N=C/c3cc(Br)c(OCc4ccc(Cl)c(Cl)c4)c(Br)c3)cc2c1. The number of nitrogens with one attached hydrogen (secondary N) is 1. The van der Waals surface area contributed by atoms with Gasteiger partial charge in [-0.2, -0.15) is 5.10 Å². The summed E-state index contributed by atoms with van der Waals surface area (Å²) in [6.45, 7) is 2.77. The topological polar surface area (TPSA) is 73.1 Å². The predicted molar refractivity (Wildman–Crippen MR) is 145 cm³/mol. The van der Waals surface area contributed by atoms with Crippen LogP contribution in [0.1, 0.15) is 28.6 Å². The normalized spacial score (nSPS) is 11.2. The van der Waals surface area contributed by atoms with Crippen molar-refractivity contribution in [2.75, 3.05) is 6.61 Å². The number of nitrogens with zero attached hydrogens (tertiary/aromatic N) is 1. The predicted octanol–water partition coefficient (Wildman–Crippen LogP) is 8.01. The summed E-state index contributed by atoms with van der Waals surface area (Å²) < 4.78 is 18.4. The van der Waals surface area contributed by atoms with Crippen molar-refractivity contribution in [3.63, 3.8) is 0 Å². The van der Waals surface area contributed by atoms with Crippen LogP contribution in [-0.4, -0.2) is 18.7 Å². The lowest BCUT2D eigenvalue weighted by Crippen LogP contribution is -2.16. The molecule has 0 saturated heterocycles. The molecule has 0 fully saturated rings. The van der Waals surface area contributed by atoms with Crippen LogP contribution in [0.3, 0.4) is 0 Å². The number of hydrogen-bond acceptors (Lipinski definition) is 5. The molecule has 10 heteroatoms. The van der Waals surface area contributed by atoms with Crippen LogP contribution in [-0.2, 0) is 6.61 Å². The smallest absolute Gasteiger partial charge is 0.307 e. The van der Waals surface area contributed by atoms with Crippen molar-refractivity contribution in [2.45, 2.75) is 13.5 Å². The van der Waals surface area contributed by atoms with E-state index in [0.717, 1.165) is 16.5 Å². The summed E-state index contributed by atoms with van der Waals surface area (Å²) in [5.74, 6) is 1.02. The fourth-order valence-electron chi connectivity index (χ4n) is 3.19. The van der Waals surface area contributed by atoms with E-state index in [1.807, 2.05) is 31.2 Å². The number of furan rings is 1. The Labute approximate surface area is 228 Å². The van der Waals surface area contributed by atoms with Gasteiger partial charge in [-0.3, -0.25) is 4.79 Å². The molecule has 0 aliphatic rings. The van der Waals surface area contributed by atoms with Gasteiger partial charge in [0.05, 0.1) is 31.8 Å². The van der Waals surface area contributed by atoms with Crippen LogP contribution in [0.15, 0.2) is 73.1 Å². The molecule has 35 heavy (non-hydrogen) atoms. The number of hydrazone groups is 1. The molecule has 0 atom stereocenters. The van der Waals surface area contributed by atoms with Crippen molar-refractivity contribution in [2.24, 2.45) is 5.10 Å². The Morgan fingerprint density at radius 2 is 1.80 bits per heavy atom. The zero-order valence-electron chi connectivity index (χ0n) is 18.3. The van der Waals surface area contributed by atoms with Gasteiger partial charge in [-0.15, -0.1) is 0 Å². The molecule has 180 valence electrons. The first kappa shape index (κ1) is 25.6. The second kappa shape index (κ2) is 11.5. The molecule has 0 aliphatic heterocycles. The van der Waals surface area contributed by atoms with Crippen LogP contribution in [0, 0.1) is 0 Å². The molecule has 4 rings (SSSR count). The lowest BCUT2D eigenvalue weighted by molar-refractivity contribution is 0.0929. The van der Waals surface area contributed by atoms with Gasteiger partial charge >= 0.3 is 5.91 Å². The Balaban J connectivity index is 1.40. The minimum atomic E-state index is -0.463. The maximum absolute atomic E-state index is 12.5. The van der Waals surface area contributed by atoms with Crippen LogP contribution in [0.4, 0.5) is 0 Å². The van der Waals surface area contributed by atoms with Crippen molar-refractivity contribution in [1.29, 1.82) is 0 Å². The summed E-state index contributed by atoms with van der Waals surface area (Å²) in [6.07, 6.45) is 1.52. The summed E-state index contributed by atoms with van der Waals surface area (Å²) in [5.41, 5.74) is 4.68. The highest BCUT2D eigenvalue weighted by atomic mass is 79.9. The van der Waals surface area contributed by atoms with E-state index >= 15 is 0 Å². The third-order valence-electron chi connectivity index (χ3n) is 4.79. The van der Waals surface area contributed by atoms with Gasteiger partial charge in [-0.1, -0.05) is 29.3 Å². The van der Waals surface area contributed by atoms with Gasteiger partial charge in [0, 0.05) is 5.39 Å². The Bertz CT molecular complexity index is 1400. The minimum absolute atomic E-state index is 0.152. The maximum atomic E-state index is 12.5. The maximum Gasteiger partial charge on any atom is 0.307 e. The van der Waals surface area contributed by atoms with Crippen molar-refractivity contribution in [3.05, 3.63) is 90.5 Å². The number of fused-ring (bicyclic) bond motifs is 1. The van der Waals surface area contributed by atoms with Gasteiger partial charge in [-0.25, -0.2) is 5.43 Å². The quantitative estimate of drug-likeness (QED) is 0.156. The van der Waals surface area contributed by atoms with Gasteiger partial charge in [0.1, 0.15) is 23.7 Å². The highest BCUT2D eigenvalue weighted by molar-refractivity contribution is 9.11. The van der Waals surface area contributed by atoms with Gasteiger partial charge in [0.15, 0.2) is 5.76 Å². The number of ether oxygens (including phenoxy) is 2. The summed E-state index contributed by atoms with van der Waals surface area (Å²) in [4.78, 5) is 12.5. The van der Waals surface area contributed by atoms with E-state index in [1.165, 1.54) is 6.21 Å². The van der Waals surface area contributed by atoms with E-state index in [0.29, 0.717) is 49.3 Å². The number of carbonyl (C=O) groups is 1. The van der Waals surface area contributed by atoms with Gasteiger partial charge in [-0.05, 0) is 98.4 Å². The third kappa shape index (κ3) is 6.38. The molecule has 1 amide bonds. The number of hydrogen-bond donors (Lipinski definition) is 1. The Hall–Kier alpha value is -2.52. The van der Waals surface area contributed by atoms with Crippen molar-refractivity contribution in [3.8, 4) is 11.5 Å². The second-order valence-corrected chi connectivity index (χ2v) is 9.82. The number of rotatable bonds is 8. The highest BCUT2D eigenvalue weighted by Gasteiger charge is 2.13. The second-order valence-electron chi connectivity index (χ2n) is 7.29. The monoisotopic (exact) mass is 638 g/mol. The van der Waals surface area contributed by atoms with Gasteiger partial charge in [0.2, 0.25) is 0 Å². The average molecular weight is 641 g/mol. The molecular formula is C25H18Br2Cl2N2O4. The lowest BCUT2D eigenvalue weighted by atomic mass is 10.2. The van der Waals surface area contributed by atoms with E-state index in [1.54, 1.807) is 30.3 Å². The third-order valence-corrected chi connectivity index (χ3v) is 6.71. The molecule has 3 aromatic carbocycles. The zero-order valence-corrected chi connectivity index (χ0v) is 23.0. The van der Waals surface area contributed by atoms with Crippen LogP contribution < -0.4 is 14.9 Å². The number of amides is 1. The number of halogens is 4. The highest BCUT2D eigenvalue weighted by Crippen LogP contribution is 2.35. The van der Waals surface area contributed by atoms with E-state index in [2.05, 4.69) is 42.4 Å². The minimum Gasteiger partial charge on any atom is -0.494 e. The average Bonchev–Trinajstić information content (AvgIpc) is 3.24. The van der Waals surface area contributed by atoms with E-state index in [4.69, 9.17) is 37.1 Å².